The molecule has 14 heavy (non-hydrogen) atoms. The summed E-state index contributed by atoms with van der Waals surface area (Å²) in [5.41, 5.74) is 6.42. The van der Waals surface area contributed by atoms with Gasteiger partial charge in [0.15, 0.2) is 0 Å². The summed E-state index contributed by atoms with van der Waals surface area (Å²) in [6.45, 7) is 3.32. The summed E-state index contributed by atoms with van der Waals surface area (Å²) in [4.78, 5) is 2.51. The van der Waals surface area contributed by atoms with Crippen LogP contribution < -0.4 is 5.73 Å². The lowest BCUT2D eigenvalue weighted by Crippen LogP contribution is -2.50. The lowest BCUT2D eigenvalue weighted by atomic mass is 9.96. The Bertz CT molecular complexity index is 190. The van der Waals surface area contributed by atoms with Crippen LogP contribution in [0.25, 0.3) is 0 Å². The summed E-state index contributed by atoms with van der Waals surface area (Å²) in [6.07, 6.45) is 8.31. The van der Waals surface area contributed by atoms with Crippen molar-refractivity contribution in [2.24, 2.45) is 11.7 Å². The number of rotatable bonds is 4. The van der Waals surface area contributed by atoms with E-state index in [0.29, 0.717) is 0 Å². The Labute approximate surface area is 87.8 Å². The first-order valence-electron chi connectivity index (χ1n) is 6.09. The Balaban J connectivity index is 1.82. The van der Waals surface area contributed by atoms with Crippen LogP contribution in [-0.4, -0.2) is 30.1 Å². The Morgan fingerprint density at radius 3 is 2.29 bits per heavy atom. The molecule has 2 N–H and O–H groups in total. The van der Waals surface area contributed by atoms with Crippen molar-refractivity contribution in [3.8, 4) is 0 Å². The summed E-state index contributed by atoms with van der Waals surface area (Å²) in [5.74, 6) is 0.798. The minimum absolute atomic E-state index is 0.0668. The molecule has 0 aromatic rings. The third-order valence-electron chi connectivity index (χ3n) is 4.05. The first-order valence-corrected chi connectivity index (χ1v) is 6.09. The number of nitrogens with zero attached hydrogens (tertiary/aromatic N) is 1. The van der Waals surface area contributed by atoms with Gasteiger partial charge >= 0.3 is 0 Å². The molecule has 1 unspecified atom stereocenters. The molecule has 0 aliphatic heterocycles. The van der Waals surface area contributed by atoms with Crippen molar-refractivity contribution in [2.45, 2.75) is 57.0 Å². The van der Waals surface area contributed by atoms with Gasteiger partial charge in [-0.3, -0.25) is 0 Å². The van der Waals surface area contributed by atoms with Gasteiger partial charge in [0.1, 0.15) is 0 Å². The molecule has 0 heterocycles. The van der Waals surface area contributed by atoms with E-state index in [-0.39, 0.29) is 5.54 Å². The van der Waals surface area contributed by atoms with Gasteiger partial charge in [-0.2, -0.15) is 0 Å². The van der Waals surface area contributed by atoms with Crippen molar-refractivity contribution in [1.82, 2.24) is 4.90 Å². The smallest absolute Gasteiger partial charge is 0.0283 e. The van der Waals surface area contributed by atoms with Crippen LogP contribution >= 0.6 is 0 Å². The van der Waals surface area contributed by atoms with E-state index in [2.05, 4.69) is 18.9 Å². The number of likely N-dealkylation sites (N-methyl/N-ethyl adjacent to an activating group) is 1. The van der Waals surface area contributed by atoms with Gasteiger partial charge in [-0.1, -0.05) is 12.8 Å². The van der Waals surface area contributed by atoms with Crippen LogP contribution in [0, 0.1) is 5.92 Å². The summed E-state index contributed by atoms with van der Waals surface area (Å²) >= 11 is 0. The lowest BCUT2D eigenvalue weighted by Gasteiger charge is -2.33. The highest BCUT2D eigenvalue weighted by atomic mass is 15.2. The molecule has 2 aliphatic carbocycles. The van der Waals surface area contributed by atoms with Crippen LogP contribution in [0.4, 0.5) is 0 Å². The van der Waals surface area contributed by atoms with E-state index >= 15 is 0 Å². The molecule has 82 valence electrons. The quantitative estimate of drug-likeness (QED) is 0.745. The zero-order valence-corrected chi connectivity index (χ0v) is 9.63. The van der Waals surface area contributed by atoms with Gasteiger partial charge in [-0.15, -0.1) is 0 Å². The maximum Gasteiger partial charge on any atom is 0.0283 e. The molecule has 0 amide bonds. The minimum Gasteiger partial charge on any atom is -0.324 e. The third kappa shape index (κ3) is 2.29. The van der Waals surface area contributed by atoms with Crippen LogP contribution in [0.2, 0.25) is 0 Å². The Morgan fingerprint density at radius 1 is 1.21 bits per heavy atom. The molecule has 2 fully saturated rings. The maximum atomic E-state index is 6.35. The van der Waals surface area contributed by atoms with Gasteiger partial charge in [0.2, 0.25) is 0 Å². The van der Waals surface area contributed by atoms with Gasteiger partial charge in [0.05, 0.1) is 0 Å². The Kier molecular flexibility index (Phi) is 2.85. The second kappa shape index (κ2) is 3.82. The highest BCUT2D eigenvalue weighted by Gasteiger charge is 2.39. The zero-order chi connectivity index (χ0) is 10.2. The largest absolute Gasteiger partial charge is 0.324 e. The fraction of sp³-hybridized carbons (Fsp3) is 1.00. The number of hydrogen-bond donors (Lipinski definition) is 1. The van der Waals surface area contributed by atoms with Crippen molar-refractivity contribution in [2.75, 3.05) is 13.6 Å². The van der Waals surface area contributed by atoms with Crippen molar-refractivity contribution in [1.29, 1.82) is 0 Å². The summed E-state index contributed by atoms with van der Waals surface area (Å²) < 4.78 is 0. The van der Waals surface area contributed by atoms with Crippen LogP contribution in [0.3, 0.4) is 0 Å². The average molecular weight is 196 g/mol. The molecule has 0 radical (unpaired) electrons. The van der Waals surface area contributed by atoms with Crippen molar-refractivity contribution in [3.63, 3.8) is 0 Å². The third-order valence-corrected chi connectivity index (χ3v) is 4.05. The van der Waals surface area contributed by atoms with Crippen LogP contribution in [0.1, 0.15) is 45.4 Å². The number of nitrogens with two attached hydrogens (primary N) is 1. The molecular formula is C12H24N2. The van der Waals surface area contributed by atoms with E-state index in [9.17, 15) is 0 Å². The van der Waals surface area contributed by atoms with Gasteiger partial charge in [0.25, 0.3) is 0 Å². The van der Waals surface area contributed by atoms with E-state index in [4.69, 9.17) is 5.73 Å². The number of hydrogen-bond acceptors (Lipinski definition) is 2. The first-order chi connectivity index (χ1) is 6.59. The van der Waals surface area contributed by atoms with E-state index in [1.807, 2.05) is 0 Å². The van der Waals surface area contributed by atoms with Crippen molar-refractivity contribution in [3.05, 3.63) is 0 Å². The normalized spacial score (nSPS) is 28.3. The summed E-state index contributed by atoms with van der Waals surface area (Å²) in [5, 5.41) is 0. The lowest BCUT2D eigenvalue weighted by molar-refractivity contribution is 0.184. The molecule has 0 saturated heterocycles. The maximum absolute atomic E-state index is 6.35. The van der Waals surface area contributed by atoms with Crippen molar-refractivity contribution >= 4 is 0 Å². The Morgan fingerprint density at radius 2 is 1.79 bits per heavy atom. The van der Waals surface area contributed by atoms with Crippen molar-refractivity contribution < 1.29 is 0 Å². The van der Waals surface area contributed by atoms with Gasteiger partial charge in [-0.25, -0.2) is 0 Å². The van der Waals surface area contributed by atoms with Crippen LogP contribution in [0.15, 0.2) is 0 Å². The van der Waals surface area contributed by atoms with E-state index in [0.717, 1.165) is 18.5 Å². The van der Waals surface area contributed by atoms with E-state index in [1.165, 1.54) is 38.5 Å². The molecule has 0 aromatic carbocycles. The molecular weight excluding hydrogens is 172 g/mol. The SMILES string of the molecule is CN(CC(C)(N)C1CC1)C1CCCC1. The molecule has 2 aliphatic rings. The fourth-order valence-electron chi connectivity index (χ4n) is 2.88. The standard InChI is InChI=1S/C12H24N2/c1-12(13,10-7-8-10)9-14(2)11-5-3-4-6-11/h10-11H,3-9,13H2,1-2H3. The predicted octanol–water partition coefficient (Wildman–Crippen LogP) is 1.99. The second-order valence-corrected chi connectivity index (χ2v) is 5.63. The summed E-state index contributed by atoms with van der Waals surface area (Å²) in [7, 11) is 2.25. The Hall–Kier alpha value is -0.0800. The first kappa shape index (κ1) is 10.4. The van der Waals surface area contributed by atoms with Gasteiger partial charge < -0.3 is 10.6 Å². The topological polar surface area (TPSA) is 29.3 Å². The van der Waals surface area contributed by atoms with Gasteiger partial charge in [0, 0.05) is 18.1 Å². The van der Waals surface area contributed by atoms with Gasteiger partial charge in [-0.05, 0) is 45.6 Å². The molecule has 0 spiro atoms. The molecule has 2 heteroatoms. The molecule has 2 rings (SSSR count). The molecule has 2 nitrogen and oxygen atoms in total. The highest BCUT2D eigenvalue weighted by Crippen LogP contribution is 2.38. The van der Waals surface area contributed by atoms with E-state index in [1.54, 1.807) is 0 Å². The van der Waals surface area contributed by atoms with E-state index < -0.39 is 0 Å². The highest BCUT2D eigenvalue weighted by molar-refractivity contribution is 4.97. The monoisotopic (exact) mass is 196 g/mol. The molecule has 2 saturated carbocycles. The zero-order valence-electron chi connectivity index (χ0n) is 9.63. The minimum atomic E-state index is 0.0668. The molecule has 1 atom stereocenters. The fourth-order valence-corrected chi connectivity index (χ4v) is 2.88. The second-order valence-electron chi connectivity index (χ2n) is 5.63. The average Bonchev–Trinajstić information content (AvgIpc) is 2.82. The summed E-state index contributed by atoms with van der Waals surface area (Å²) in [6, 6.07) is 0.816. The van der Waals surface area contributed by atoms with Crippen LogP contribution in [0.5, 0.6) is 0 Å². The van der Waals surface area contributed by atoms with Crippen LogP contribution in [-0.2, 0) is 0 Å². The molecule has 0 aromatic heterocycles. The predicted molar refractivity (Wildman–Crippen MR) is 60.2 cm³/mol. The molecule has 0 bridgehead atoms.